The van der Waals surface area contributed by atoms with Crippen molar-refractivity contribution in [1.82, 2.24) is 0 Å². The van der Waals surface area contributed by atoms with Crippen molar-refractivity contribution in [2.24, 2.45) is 0 Å². The number of benzene rings is 1. The van der Waals surface area contributed by atoms with Gasteiger partial charge in [-0.3, -0.25) is 0 Å². The third kappa shape index (κ3) is 6.39. The molecule has 0 aliphatic heterocycles. The van der Waals surface area contributed by atoms with Crippen LogP contribution in [0, 0.1) is 0 Å². The molecule has 1 heteroatoms. The van der Waals surface area contributed by atoms with Crippen molar-refractivity contribution in [3.63, 3.8) is 0 Å². The summed E-state index contributed by atoms with van der Waals surface area (Å²) >= 11 is 0. The summed E-state index contributed by atoms with van der Waals surface area (Å²) in [7, 11) is 0.385. The molecule has 3 aliphatic rings. The van der Waals surface area contributed by atoms with Gasteiger partial charge in [-0.15, -0.1) is 0 Å². The number of hydrogen-bond acceptors (Lipinski definition) is 0. The molecule has 0 unspecified atom stereocenters. The van der Waals surface area contributed by atoms with Gasteiger partial charge in [0.1, 0.15) is 0 Å². The van der Waals surface area contributed by atoms with E-state index in [1.54, 1.807) is 77.0 Å². The second-order valence-corrected chi connectivity index (χ2v) is 11.6. The van der Waals surface area contributed by atoms with E-state index in [9.17, 15) is 0 Å². The Morgan fingerprint density at radius 2 is 0.600 bits per heavy atom. The van der Waals surface area contributed by atoms with E-state index in [2.05, 4.69) is 0 Å². The quantitative estimate of drug-likeness (QED) is 0.478. The number of rotatable bonds is 3. The molecule has 1 aromatic rings. The predicted molar refractivity (Wildman–Crippen MR) is 114 cm³/mol. The summed E-state index contributed by atoms with van der Waals surface area (Å²) in [5.41, 5.74) is 3.57. The van der Waals surface area contributed by atoms with Gasteiger partial charge in [-0.05, 0) is 55.5 Å². The lowest BCUT2D eigenvalue weighted by atomic mass is 9.99. The fraction of sp³-hybridized carbons (Fsp3) is 0.750. The van der Waals surface area contributed by atoms with E-state index < -0.39 is 0 Å². The van der Waals surface area contributed by atoms with E-state index in [0.29, 0.717) is 7.92 Å². The molecule has 0 amide bonds. The fourth-order valence-corrected chi connectivity index (χ4v) is 10.1. The lowest BCUT2D eigenvalue weighted by Gasteiger charge is -2.44. The highest BCUT2D eigenvalue weighted by Crippen LogP contribution is 2.61. The second-order valence-electron chi connectivity index (χ2n) is 8.48. The van der Waals surface area contributed by atoms with Crippen LogP contribution in [0.15, 0.2) is 36.4 Å². The summed E-state index contributed by atoms with van der Waals surface area (Å²) in [4.78, 5) is 0. The first-order valence-electron chi connectivity index (χ1n) is 11.2. The van der Waals surface area contributed by atoms with Crippen LogP contribution in [0.25, 0.3) is 0 Å². The maximum atomic E-state index is 2.00. The van der Waals surface area contributed by atoms with Crippen LogP contribution in [0.1, 0.15) is 96.3 Å². The lowest BCUT2D eigenvalue weighted by molar-refractivity contribution is 0.460. The molecule has 0 atom stereocenters. The summed E-state index contributed by atoms with van der Waals surface area (Å²) in [5.74, 6) is 0. The van der Waals surface area contributed by atoms with Gasteiger partial charge in [-0.1, -0.05) is 102 Å². The monoisotopic (exact) mass is 358 g/mol. The molecule has 0 heterocycles. The zero-order valence-electron chi connectivity index (χ0n) is 16.2. The predicted octanol–water partition coefficient (Wildman–Crippen LogP) is 8.15. The molecule has 0 spiro atoms. The zero-order valence-corrected chi connectivity index (χ0v) is 17.1. The highest BCUT2D eigenvalue weighted by Gasteiger charge is 2.36. The molecular weight excluding hydrogens is 319 g/mol. The first-order chi connectivity index (χ1) is 12.4. The molecule has 4 rings (SSSR count). The molecule has 3 fully saturated rings. The molecule has 140 valence electrons. The summed E-state index contributed by atoms with van der Waals surface area (Å²) in [6, 6.07) is 12.0. The van der Waals surface area contributed by atoms with Crippen LogP contribution in [0.3, 0.4) is 0 Å². The summed E-state index contributed by atoms with van der Waals surface area (Å²) in [6.45, 7) is 0. The third-order valence-electron chi connectivity index (χ3n) is 6.66. The Kier molecular flexibility index (Phi) is 8.84. The molecule has 0 saturated heterocycles. The van der Waals surface area contributed by atoms with Gasteiger partial charge in [0.25, 0.3) is 0 Å². The van der Waals surface area contributed by atoms with Gasteiger partial charge in [0.05, 0.1) is 0 Å². The van der Waals surface area contributed by atoms with Crippen molar-refractivity contribution in [3.8, 4) is 0 Å². The number of hydrogen-bond donors (Lipinski definition) is 0. The Labute approximate surface area is 157 Å². The summed E-state index contributed by atoms with van der Waals surface area (Å²) in [6.07, 6.45) is 23.6. The molecule has 0 radical (unpaired) electrons. The average Bonchev–Trinajstić information content (AvgIpc) is 2.72. The minimum atomic E-state index is 0.385. The lowest BCUT2D eigenvalue weighted by Crippen LogP contribution is -2.28. The van der Waals surface area contributed by atoms with Gasteiger partial charge in [0.15, 0.2) is 0 Å². The van der Waals surface area contributed by atoms with Crippen LogP contribution in [0.5, 0.6) is 0 Å². The van der Waals surface area contributed by atoms with E-state index in [0.717, 1.165) is 0 Å². The smallest absolute Gasteiger partial charge is 0.0204 e. The highest BCUT2D eigenvalue weighted by molar-refractivity contribution is 7.60. The second kappa shape index (κ2) is 11.4. The van der Waals surface area contributed by atoms with Gasteiger partial charge in [-0.25, -0.2) is 0 Å². The summed E-state index contributed by atoms with van der Waals surface area (Å²) in [5, 5.41) is 0. The molecule has 0 bridgehead atoms. The van der Waals surface area contributed by atoms with Crippen LogP contribution < -0.4 is 0 Å². The molecule has 0 nitrogen and oxygen atoms in total. The van der Waals surface area contributed by atoms with Crippen LogP contribution in [-0.2, 0) is 0 Å². The maximum Gasteiger partial charge on any atom is -0.0204 e. The zero-order chi connectivity index (χ0) is 17.2. The minimum absolute atomic E-state index is 0.385. The topological polar surface area (TPSA) is 0 Å². The van der Waals surface area contributed by atoms with E-state index >= 15 is 0 Å². The Morgan fingerprint density at radius 3 is 0.840 bits per heavy atom. The van der Waals surface area contributed by atoms with Crippen LogP contribution in [-0.4, -0.2) is 17.0 Å². The molecular formula is C24H39P. The van der Waals surface area contributed by atoms with Crippen molar-refractivity contribution in [2.45, 2.75) is 113 Å². The largest absolute Gasteiger partial charge is 0.0971 e. The average molecular weight is 359 g/mol. The SMILES string of the molecule is C1CCC(P(C2CCCCC2)C2CCCCC2)CC1.c1ccccc1. The van der Waals surface area contributed by atoms with Crippen molar-refractivity contribution >= 4 is 7.92 Å². The van der Waals surface area contributed by atoms with Crippen LogP contribution in [0.4, 0.5) is 0 Å². The van der Waals surface area contributed by atoms with Gasteiger partial charge in [-0.2, -0.15) is 0 Å². The normalized spacial score (nSPS) is 23.9. The van der Waals surface area contributed by atoms with Crippen molar-refractivity contribution in [3.05, 3.63) is 36.4 Å². The summed E-state index contributed by atoms with van der Waals surface area (Å²) < 4.78 is 0. The van der Waals surface area contributed by atoms with Crippen molar-refractivity contribution in [1.29, 1.82) is 0 Å². The fourth-order valence-electron chi connectivity index (χ4n) is 5.42. The Morgan fingerprint density at radius 1 is 0.360 bits per heavy atom. The van der Waals surface area contributed by atoms with E-state index in [4.69, 9.17) is 0 Å². The Balaban J connectivity index is 0.000000258. The molecule has 3 aliphatic carbocycles. The standard InChI is InChI=1S/C18H33P.C6H6/c1-4-10-16(11-5-1)19(17-12-6-2-7-13-17)18-14-8-3-9-15-18;1-2-4-6-5-3-1/h16-18H,1-15H2;1-6H. The Hall–Kier alpha value is -0.350. The molecule has 0 aromatic heterocycles. The molecule has 1 aromatic carbocycles. The molecule has 25 heavy (non-hydrogen) atoms. The van der Waals surface area contributed by atoms with Gasteiger partial charge in [0, 0.05) is 0 Å². The van der Waals surface area contributed by atoms with Crippen molar-refractivity contribution in [2.75, 3.05) is 0 Å². The van der Waals surface area contributed by atoms with Crippen LogP contribution >= 0.6 is 7.92 Å². The van der Waals surface area contributed by atoms with Crippen molar-refractivity contribution < 1.29 is 0 Å². The van der Waals surface area contributed by atoms with Gasteiger partial charge < -0.3 is 0 Å². The minimum Gasteiger partial charge on any atom is -0.0971 e. The van der Waals surface area contributed by atoms with Gasteiger partial charge >= 0.3 is 0 Å². The first-order valence-corrected chi connectivity index (χ1v) is 12.8. The Bertz CT molecular complexity index is 355. The first kappa shape index (κ1) is 19.4. The third-order valence-corrected chi connectivity index (χ3v) is 10.7. The molecule has 3 saturated carbocycles. The van der Waals surface area contributed by atoms with Gasteiger partial charge in [0.2, 0.25) is 0 Å². The van der Waals surface area contributed by atoms with E-state index in [-0.39, 0.29) is 0 Å². The van der Waals surface area contributed by atoms with E-state index in [1.807, 2.05) is 36.4 Å². The highest BCUT2D eigenvalue weighted by atomic mass is 31.1. The van der Waals surface area contributed by atoms with Crippen LogP contribution in [0.2, 0.25) is 0 Å². The maximum absolute atomic E-state index is 2.00. The molecule has 0 N–H and O–H groups in total. The van der Waals surface area contributed by atoms with E-state index in [1.165, 1.54) is 36.2 Å².